The van der Waals surface area contributed by atoms with Crippen LogP contribution in [0.1, 0.15) is 54.9 Å². The van der Waals surface area contributed by atoms with E-state index in [1.165, 1.54) is 23.9 Å². The smallest absolute Gasteiger partial charge is 0.365 e. The van der Waals surface area contributed by atoms with E-state index in [0.29, 0.717) is 52.3 Å². The summed E-state index contributed by atoms with van der Waals surface area (Å²) in [4.78, 5) is 21.4. The van der Waals surface area contributed by atoms with Crippen molar-refractivity contribution in [3.05, 3.63) is 63.2 Å². The van der Waals surface area contributed by atoms with Crippen molar-refractivity contribution < 1.29 is 17.4 Å². The van der Waals surface area contributed by atoms with Crippen molar-refractivity contribution in [3.63, 3.8) is 0 Å². The topological polar surface area (TPSA) is 76.9 Å². The van der Waals surface area contributed by atoms with E-state index >= 15 is 0 Å². The van der Waals surface area contributed by atoms with Gasteiger partial charge in [-0.2, -0.15) is 13.2 Å². The van der Waals surface area contributed by atoms with Gasteiger partial charge >= 0.3 is 6.18 Å². The van der Waals surface area contributed by atoms with E-state index < -0.39 is 22.5 Å². The van der Waals surface area contributed by atoms with Gasteiger partial charge in [0.05, 0.1) is 10.9 Å². The van der Waals surface area contributed by atoms with Crippen LogP contribution in [0.25, 0.3) is 11.0 Å². The zero-order valence-electron chi connectivity index (χ0n) is 19.7. The van der Waals surface area contributed by atoms with Crippen molar-refractivity contribution in [3.8, 4) is 0 Å². The van der Waals surface area contributed by atoms with Crippen LogP contribution >= 0.6 is 0 Å². The van der Waals surface area contributed by atoms with Crippen molar-refractivity contribution in [2.24, 2.45) is 7.05 Å². The third kappa shape index (κ3) is 5.32. The average Bonchev–Trinajstić information content (AvgIpc) is 2.82. The Morgan fingerprint density at radius 2 is 1.85 bits per heavy atom. The molecule has 4 rings (SSSR count). The first-order valence-electron chi connectivity index (χ1n) is 11.3. The Bertz CT molecular complexity index is 1250. The fourth-order valence-electron chi connectivity index (χ4n) is 4.19. The summed E-state index contributed by atoms with van der Waals surface area (Å²) >= 11 is 0. The van der Waals surface area contributed by atoms with Crippen LogP contribution in [0, 0.1) is 6.92 Å². The van der Waals surface area contributed by atoms with Crippen LogP contribution in [0.15, 0.2) is 35.4 Å². The number of halogens is 3. The molecule has 3 heterocycles. The molecule has 1 aliphatic rings. The number of benzene rings is 1. The summed E-state index contributed by atoms with van der Waals surface area (Å²) < 4.78 is 52.9. The molecular weight excluding hydrogens is 465 g/mol. The first-order chi connectivity index (χ1) is 16.2. The molecule has 0 radical (unpaired) electrons. The fraction of sp³-hybridized carbons (Fsp3) is 0.458. The lowest BCUT2D eigenvalue weighted by molar-refractivity contribution is -0.138. The molecule has 1 fully saturated rings. The maximum Gasteiger partial charge on any atom is 0.416 e. The highest BCUT2D eigenvalue weighted by molar-refractivity contribution is 7.85. The largest absolute Gasteiger partial charge is 0.416 e. The lowest BCUT2D eigenvalue weighted by Crippen LogP contribution is -2.27. The van der Waals surface area contributed by atoms with Crippen molar-refractivity contribution in [2.75, 3.05) is 16.8 Å². The minimum absolute atomic E-state index is 0.00886. The Labute approximate surface area is 199 Å². The summed E-state index contributed by atoms with van der Waals surface area (Å²) in [6.45, 7) is 5.59. The molecule has 0 spiro atoms. The third-order valence-electron chi connectivity index (χ3n) is 6.06. The van der Waals surface area contributed by atoms with Crippen molar-refractivity contribution >= 4 is 27.7 Å². The summed E-state index contributed by atoms with van der Waals surface area (Å²) in [5, 5.41) is 3.75. The number of nitrogens with one attached hydrogen (secondary N) is 1. The van der Waals surface area contributed by atoms with Crippen LogP contribution < -0.4 is 10.9 Å². The van der Waals surface area contributed by atoms with Crippen molar-refractivity contribution in [1.29, 1.82) is 0 Å². The van der Waals surface area contributed by atoms with Gasteiger partial charge in [-0.3, -0.25) is 13.6 Å². The third-order valence-corrected chi connectivity index (χ3v) is 7.44. The number of anilines is 1. The molecule has 0 unspecified atom stereocenters. The Morgan fingerprint density at radius 1 is 1.18 bits per heavy atom. The molecule has 0 atom stereocenters. The van der Waals surface area contributed by atoms with E-state index in [2.05, 4.69) is 15.3 Å². The molecule has 3 aromatic rings. The van der Waals surface area contributed by atoms with Crippen LogP contribution in [0.4, 0.5) is 19.0 Å². The summed E-state index contributed by atoms with van der Waals surface area (Å²) in [7, 11) is 0.803. The predicted octanol–water partition coefficient (Wildman–Crippen LogP) is 4.92. The molecule has 10 heteroatoms. The Kier molecular flexibility index (Phi) is 8.12. The zero-order valence-corrected chi connectivity index (χ0v) is 20.5. The second-order valence-corrected chi connectivity index (χ2v) is 9.68. The molecule has 6 nitrogen and oxygen atoms in total. The Hall–Kier alpha value is -2.75. The molecule has 1 aliphatic heterocycles. The first-order valence-corrected chi connectivity index (χ1v) is 12.7. The maximum absolute atomic E-state index is 13.2. The van der Waals surface area contributed by atoms with E-state index in [4.69, 9.17) is 0 Å². The van der Waals surface area contributed by atoms with Gasteiger partial charge in [-0.05, 0) is 48.9 Å². The normalized spacial score (nSPS) is 18.3. The quantitative estimate of drug-likeness (QED) is 0.557. The van der Waals surface area contributed by atoms with Crippen LogP contribution in [0.3, 0.4) is 0 Å². The number of aryl methyl sites for hydroxylation is 1. The fourth-order valence-corrected chi connectivity index (χ4v) is 5.49. The molecule has 1 aromatic carbocycles. The molecular formula is C24H29F3N4O2S. The van der Waals surface area contributed by atoms with Gasteiger partial charge in [0.2, 0.25) is 0 Å². The molecule has 0 bridgehead atoms. The number of hydrogen-bond donors (Lipinski definition) is 1. The molecule has 34 heavy (non-hydrogen) atoms. The second-order valence-electron chi connectivity index (χ2n) is 7.99. The van der Waals surface area contributed by atoms with E-state index in [0.717, 1.165) is 6.07 Å². The van der Waals surface area contributed by atoms with Gasteiger partial charge in [-0.1, -0.05) is 26.0 Å². The molecule has 0 amide bonds. The van der Waals surface area contributed by atoms with Gasteiger partial charge in [0.25, 0.3) is 5.56 Å². The molecule has 1 saturated heterocycles. The Balaban J connectivity index is 0.00000158. The van der Waals surface area contributed by atoms with Gasteiger partial charge in [0, 0.05) is 41.5 Å². The highest BCUT2D eigenvalue weighted by Crippen LogP contribution is 2.33. The minimum Gasteiger partial charge on any atom is -0.365 e. The summed E-state index contributed by atoms with van der Waals surface area (Å²) in [6, 6.07) is 5.88. The Morgan fingerprint density at radius 3 is 2.50 bits per heavy atom. The van der Waals surface area contributed by atoms with Crippen LogP contribution in [-0.4, -0.2) is 30.2 Å². The zero-order chi connectivity index (χ0) is 25.0. The highest BCUT2D eigenvalue weighted by Gasteiger charge is 2.32. The predicted molar refractivity (Wildman–Crippen MR) is 129 cm³/mol. The number of aromatic nitrogens is 3. The van der Waals surface area contributed by atoms with E-state index in [1.807, 2.05) is 13.8 Å². The monoisotopic (exact) mass is 494 g/mol. The molecule has 2 aromatic heterocycles. The second kappa shape index (κ2) is 10.7. The first kappa shape index (κ1) is 25.9. The van der Waals surface area contributed by atoms with Gasteiger partial charge in [0.1, 0.15) is 17.8 Å². The average molecular weight is 495 g/mol. The summed E-state index contributed by atoms with van der Waals surface area (Å²) in [6.07, 6.45) is -1.74. The number of alkyl halides is 3. The van der Waals surface area contributed by atoms with Gasteiger partial charge in [0.15, 0.2) is 0 Å². The molecule has 0 aliphatic carbocycles. The van der Waals surface area contributed by atoms with Gasteiger partial charge < -0.3 is 5.32 Å². The number of fused-ring (bicyclic) bond motifs is 1. The van der Waals surface area contributed by atoms with Gasteiger partial charge in [-0.15, -0.1) is 0 Å². The minimum atomic E-state index is -4.42. The van der Waals surface area contributed by atoms with E-state index in [9.17, 15) is 22.2 Å². The number of rotatable bonds is 4. The number of hydrogen-bond acceptors (Lipinski definition) is 5. The standard InChI is InChI=1S/C22H23F3N4O2S.C2H6/c1-13-15(4-3-5-18(13)22(23,24)25)11-26-19-17-10-16(14-6-8-32(31)9-7-14)21(30)29(2)20(17)28-12-27-19;1-2/h3-5,10,12,14H,6-9,11H2,1-2H3,(H,26,27,28);1-2H3. The molecule has 184 valence electrons. The maximum atomic E-state index is 13.2. The lowest BCUT2D eigenvalue weighted by Gasteiger charge is -2.22. The summed E-state index contributed by atoms with van der Waals surface area (Å²) in [5.74, 6) is 1.59. The van der Waals surface area contributed by atoms with Crippen LogP contribution in [0.2, 0.25) is 0 Å². The van der Waals surface area contributed by atoms with E-state index in [-0.39, 0.29) is 23.6 Å². The number of pyridine rings is 1. The summed E-state index contributed by atoms with van der Waals surface area (Å²) in [5.41, 5.74) is 0.930. The highest BCUT2D eigenvalue weighted by atomic mass is 32.2. The lowest BCUT2D eigenvalue weighted by atomic mass is 9.94. The van der Waals surface area contributed by atoms with Crippen molar-refractivity contribution in [2.45, 2.75) is 52.3 Å². The number of nitrogens with zero attached hydrogens (tertiary/aromatic N) is 3. The van der Waals surface area contributed by atoms with Crippen LogP contribution in [0.5, 0.6) is 0 Å². The van der Waals surface area contributed by atoms with E-state index in [1.54, 1.807) is 19.2 Å². The SMILES string of the molecule is CC.Cc1c(CNc2ncnc3c2cc(C2CCS(=O)CC2)c(=O)n3C)cccc1C(F)(F)F. The molecule has 1 N–H and O–H groups in total. The van der Waals surface area contributed by atoms with Gasteiger partial charge in [-0.25, -0.2) is 9.97 Å². The van der Waals surface area contributed by atoms with Crippen LogP contribution in [-0.2, 0) is 30.6 Å². The van der Waals surface area contributed by atoms with Crippen molar-refractivity contribution in [1.82, 2.24) is 14.5 Å². The molecule has 0 saturated carbocycles.